The van der Waals surface area contributed by atoms with Gasteiger partial charge in [-0.3, -0.25) is 0 Å². The molecule has 0 bridgehead atoms. The first-order valence-electron chi connectivity index (χ1n) is 5.29. The number of hydrogen-bond acceptors (Lipinski definition) is 2. The number of thiocarbonyl (C=S) groups is 1. The molecule has 2 rings (SSSR count). The van der Waals surface area contributed by atoms with E-state index in [1.807, 2.05) is 18.2 Å². The lowest BCUT2D eigenvalue weighted by Gasteiger charge is -2.13. The lowest BCUT2D eigenvalue weighted by Crippen LogP contribution is -2.12. The standard InChI is InChI=1S/C13H9Br2FN2S/c14-7-1-3-10(15)12(5-7)18-11-4-2-8(16)6-9(11)13(17)19/h1-6,18H,(H2,17,19). The van der Waals surface area contributed by atoms with Gasteiger partial charge in [-0.05, 0) is 52.3 Å². The number of hydrogen-bond donors (Lipinski definition) is 2. The Morgan fingerprint density at radius 2 is 1.84 bits per heavy atom. The van der Waals surface area contributed by atoms with Crippen molar-refractivity contribution in [2.75, 3.05) is 5.32 Å². The molecule has 6 heteroatoms. The molecule has 2 nitrogen and oxygen atoms in total. The second-order valence-corrected chi connectivity index (χ2v) is 6.01. The Kier molecular flexibility index (Phi) is 4.54. The van der Waals surface area contributed by atoms with Gasteiger partial charge in [-0.25, -0.2) is 4.39 Å². The van der Waals surface area contributed by atoms with Gasteiger partial charge in [0.25, 0.3) is 0 Å². The Morgan fingerprint density at radius 1 is 1.11 bits per heavy atom. The van der Waals surface area contributed by atoms with Crippen LogP contribution in [0.1, 0.15) is 5.56 Å². The molecule has 0 saturated heterocycles. The lowest BCUT2D eigenvalue weighted by molar-refractivity contribution is 0.628. The van der Waals surface area contributed by atoms with Gasteiger partial charge in [0.15, 0.2) is 0 Å². The Bertz CT molecular complexity index is 647. The third kappa shape index (κ3) is 3.52. The zero-order valence-electron chi connectivity index (χ0n) is 9.58. The minimum atomic E-state index is -0.373. The molecule has 98 valence electrons. The summed E-state index contributed by atoms with van der Waals surface area (Å²) in [5, 5.41) is 3.18. The van der Waals surface area contributed by atoms with Gasteiger partial charge in [0.1, 0.15) is 10.8 Å². The van der Waals surface area contributed by atoms with Gasteiger partial charge >= 0.3 is 0 Å². The molecule has 0 atom stereocenters. The molecule has 0 aromatic heterocycles. The van der Waals surface area contributed by atoms with Gasteiger partial charge in [0.2, 0.25) is 0 Å². The number of benzene rings is 2. The number of anilines is 2. The Hall–Kier alpha value is -0.980. The number of nitrogens with one attached hydrogen (secondary N) is 1. The molecule has 0 amide bonds. The van der Waals surface area contributed by atoms with E-state index < -0.39 is 0 Å². The van der Waals surface area contributed by atoms with Gasteiger partial charge in [-0.2, -0.15) is 0 Å². The van der Waals surface area contributed by atoms with Crippen molar-refractivity contribution in [1.29, 1.82) is 0 Å². The molecule has 2 aromatic carbocycles. The smallest absolute Gasteiger partial charge is 0.124 e. The van der Waals surface area contributed by atoms with Crippen LogP contribution in [0.3, 0.4) is 0 Å². The van der Waals surface area contributed by atoms with Crippen molar-refractivity contribution in [2.24, 2.45) is 5.73 Å². The summed E-state index contributed by atoms with van der Waals surface area (Å²) in [6.45, 7) is 0. The molecule has 0 aliphatic carbocycles. The van der Waals surface area contributed by atoms with Crippen LogP contribution in [0.2, 0.25) is 0 Å². The summed E-state index contributed by atoms with van der Waals surface area (Å²) >= 11 is 11.8. The van der Waals surface area contributed by atoms with Crippen molar-refractivity contribution < 1.29 is 4.39 Å². The fraction of sp³-hybridized carbons (Fsp3) is 0. The van der Waals surface area contributed by atoms with Gasteiger partial charge in [0.05, 0.1) is 5.69 Å². The molecule has 0 radical (unpaired) electrons. The molecule has 0 aliphatic rings. The highest BCUT2D eigenvalue weighted by atomic mass is 79.9. The largest absolute Gasteiger partial charge is 0.389 e. The highest BCUT2D eigenvalue weighted by molar-refractivity contribution is 9.11. The Labute approximate surface area is 132 Å². The zero-order chi connectivity index (χ0) is 14.0. The van der Waals surface area contributed by atoms with E-state index in [0.717, 1.165) is 14.6 Å². The van der Waals surface area contributed by atoms with Crippen LogP contribution in [0.5, 0.6) is 0 Å². The maximum atomic E-state index is 13.2. The maximum absolute atomic E-state index is 13.2. The van der Waals surface area contributed by atoms with Crippen LogP contribution in [-0.2, 0) is 0 Å². The molecule has 0 fully saturated rings. The normalized spacial score (nSPS) is 10.3. The summed E-state index contributed by atoms with van der Waals surface area (Å²) in [4.78, 5) is 0.146. The topological polar surface area (TPSA) is 38.0 Å². The van der Waals surface area contributed by atoms with Crippen molar-refractivity contribution in [1.82, 2.24) is 0 Å². The average molecular weight is 404 g/mol. The van der Waals surface area contributed by atoms with Gasteiger partial charge in [-0.1, -0.05) is 28.1 Å². The van der Waals surface area contributed by atoms with Crippen molar-refractivity contribution in [3.8, 4) is 0 Å². The highest BCUT2D eigenvalue weighted by Gasteiger charge is 2.09. The predicted molar refractivity (Wildman–Crippen MR) is 87.4 cm³/mol. The van der Waals surface area contributed by atoms with Crippen LogP contribution in [-0.4, -0.2) is 4.99 Å². The van der Waals surface area contributed by atoms with Gasteiger partial charge in [0, 0.05) is 20.2 Å². The fourth-order valence-corrected chi connectivity index (χ4v) is 2.44. The van der Waals surface area contributed by atoms with Crippen LogP contribution >= 0.6 is 44.1 Å². The van der Waals surface area contributed by atoms with E-state index in [1.54, 1.807) is 6.07 Å². The van der Waals surface area contributed by atoms with Crippen LogP contribution in [0.15, 0.2) is 45.3 Å². The van der Waals surface area contributed by atoms with Crippen LogP contribution < -0.4 is 11.1 Å². The van der Waals surface area contributed by atoms with Crippen molar-refractivity contribution >= 4 is 60.4 Å². The van der Waals surface area contributed by atoms with E-state index in [1.165, 1.54) is 12.1 Å². The molecule has 0 spiro atoms. The summed E-state index contributed by atoms with van der Waals surface area (Å²) in [6, 6.07) is 9.99. The van der Waals surface area contributed by atoms with Gasteiger partial charge < -0.3 is 11.1 Å². The van der Waals surface area contributed by atoms with Crippen molar-refractivity contribution in [3.63, 3.8) is 0 Å². The average Bonchev–Trinajstić information content (AvgIpc) is 2.35. The Balaban J connectivity index is 2.43. The first-order chi connectivity index (χ1) is 8.97. The molecule has 2 aromatic rings. The summed E-state index contributed by atoms with van der Waals surface area (Å²) in [5.74, 6) is -0.373. The zero-order valence-corrected chi connectivity index (χ0v) is 13.6. The molecule has 19 heavy (non-hydrogen) atoms. The van der Waals surface area contributed by atoms with Crippen molar-refractivity contribution in [2.45, 2.75) is 0 Å². The van der Waals surface area contributed by atoms with E-state index in [-0.39, 0.29) is 10.8 Å². The second-order valence-electron chi connectivity index (χ2n) is 3.80. The first-order valence-corrected chi connectivity index (χ1v) is 7.28. The number of halogens is 3. The lowest BCUT2D eigenvalue weighted by atomic mass is 10.1. The maximum Gasteiger partial charge on any atom is 0.124 e. The van der Waals surface area contributed by atoms with Gasteiger partial charge in [-0.15, -0.1) is 0 Å². The first kappa shape index (κ1) is 14.4. The second kappa shape index (κ2) is 5.98. The molecule has 0 unspecified atom stereocenters. The van der Waals surface area contributed by atoms with E-state index in [0.29, 0.717) is 11.3 Å². The van der Waals surface area contributed by atoms with Crippen LogP contribution in [0.4, 0.5) is 15.8 Å². The molecular formula is C13H9Br2FN2S. The summed E-state index contributed by atoms with van der Waals surface area (Å²) in [6.07, 6.45) is 0. The SMILES string of the molecule is NC(=S)c1cc(F)ccc1Nc1cc(Br)ccc1Br. The predicted octanol–water partition coefficient (Wildman–Crippen LogP) is 4.73. The third-order valence-corrected chi connectivity index (χ3v) is 3.85. The van der Waals surface area contributed by atoms with E-state index in [2.05, 4.69) is 37.2 Å². The minimum absolute atomic E-state index is 0.146. The highest BCUT2D eigenvalue weighted by Crippen LogP contribution is 2.30. The number of nitrogens with two attached hydrogens (primary N) is 1. The quantitative estimate of drug-likeness (QED) is 0.727. The van der Waals surface area contributed by atoms with E-state index in [4.69, 9.17) is 18.0 Å². The molecule has 0 saturated carbocycles. The van der Waals surface area contributed by atoms with E-state index >= 15 is 0 Å². The van der Waals surface area contributed by atoms with E-state index in [9.17, 15) is 4.39 Å². The Morgan fingerprint density at radius 3 is 2.53 bits per heavy atom. The van der Waals surface area contributed by atoms with Crippen LogP contribution in [0.25, 0.3) is 0 Å². The summed E-state index contributed by atoms with van der Waals surface area (Å²) in [5.41, 5.74) is 7.57. The third-order valence-electron chi connectivity index (χ3n) is 2.44. The monoisotopic (exact) mass is 402 g/mol. The minimum Gasteiger partial charge on any atom is -0.389 e. The van der Waals surface area contributed by atoms with Crippen molar-refractivity contribution in [3.05, 3.63) is 56.7 Å². The summed E-state index contributed by atoms with van der Waals surface area (Å²) < 4.78 is 15.0. The summed E-state index contributed by atoms with van der Waals surface area (Å²) in [7, 11) is 0. The number of rotatable bonds is 3. The van der Waals surface area contributed by atoms with Crippen LogP contribution in [0, 0.1) is 5.82 Å². The fourth-order valence-electron chi connectivity index (χ4n) is 1.57. The molecular weight excluding hydrogens is 395 g/mol. The molecule has 3 N–H and O–H groups in total. The molecule has 0 heterocycles. The molecule has 0 aliphatic heterocycles.